The lowest BCUT2D eigenvalue weighted by atomic mass is 10.1. The van der Waals surface area contributed by atoms with E-state index in [1.165, 1.54) is 4.63 Å². The fraction of sp³-hybridized carbons (Fsp3) is 0.211. The van der Waals surface area contributed by atoms with Crippen LogP contribution in [0.5, 0.6) is 5.75 Å². The highest BCUT2D eigenvalue weighted by molar-refractivity contribution is 6.01. The lowest BCUT2D eigenvalue weighted by Gasteiger charge is -2.05. The SMILES string of the molecule is COc1ccc2[nH]cc(CCNC(=O)c3c(C)nn4ncccc34)c2c1. The van der Waals surface area contributed by atoms with Gasteiger partial charge in [0, 0.05) is 29.8 Å². The fourth-order valence-corrected chi connectivity index (χ4v) is 3.18. The molecule has 4 rings (SSSR count). The number of hydrogen-bond donors (Lipinski definition) is 2. The predicted molar refractivity (Wildman–Crippen MR) is 98.6 cm³/mol. The number of methoxy groups -OCH3 is 1. The second kappa shape index (κ2) is 6.51. The molecule has 4 aromatic rings. The maximum absolute atomic E-state index is 12.6. The van der Waals surface area contributed by atoms with Gasteiger partial charge in [-0.25, -0.2) is 0 Å². The van der Waals surface area contributed by atoms with Crippen molar-refractivity contribution in [2.75, 3.05) is 13.7 Å². The van der Waals surface area contributed by atoms with Crippen molar-refractivity contribution >= 4 is 22.3 Å². The Labute approximate surface area is 150 Å². The van der Waals surface area contributed by atoms with Crippen molar-refractivity contribution in [1.82, 2.24) is 25.1 Å². The Morgan fingerprint density at radius 1 is 1.35 bits per heavy atom. The number of H-pyrrole nitrogens is 1. The zero-order valence-corrected chi connectivity index (χ0v) is 14.6. The Kier molecular flexibility index (Phi) is 4.04. The summed E-state index contributed by atoms with van der Waals surface area (Å²) in [4.78, 5) is 15.9. The van der Waals surface area contributed by atoms with Crippen molar-refractivity contribution in [3.05, 3.63) is 59.5 Å². The number of carbonyl (C=O) groups excluding carboxylic acids is 1. The molecule has 0 unspecified atom stereocenters. The van der Waals surface area contributed by atoms with E-state index in [1.54, 1.807) is 19.4 Å². The van der Waals surface area contributed by atoms with E-state index in [1.807, 2.05) is 37.4 Å². The number of nitrogens with one attached hydrogen (secondary N) is 2. The standard InChI is InChI=1S/C19H19N5O2/c1-12-18(17-4-3-8-22-24(17)23-12)19(25)20-9-7-13-11-21-16-6-5-14(26-2)10-15(13)16/h3-6,8,10-11,21H,7,9H2,1-2H3,(H,20,25). The second-order valence-electron chi connectivity index (χ2n) is 6.09. The molecule has 0 aliphatic carbocycles. The maximum Gasteiger partial charge on any atom is 0.255 e. The molecule has 0 spiro atoms. The van der Waals surface area contributed by atoms with Crippen LogP contribution in [0.1, 0.15) is 21.6 Å². The number of amides is 1. The molecule has 1 aromatic carbocycles. The molecule has 26 heavy (non-hydrogen) atoms. The van der Waals surface area contributed by atoms with Gasteiger partial charge in [-0.15, -0.1) is 0 Å². The smallest absolute Gasteiger partial charge is 0.255 e. The number of ether oxygens (including phenoxy) is 1. The highest BCUT2D eigenvalue weighted by Crippen LogP contribution is 2.23. The van der Waals surface area contributed by atoms with Crippen LogP contribution in [-0.2, 0) is 6.42 Å². The summed E-state index contributed by atoms with van der Waals surface area (Å²) in [6.07, 6.45) is 4.34. The van der Waals surface area contributed by atoms with E-state index in [0.717, 1.165) is 28.6 Å². The van der Waals surface area contributed by atoms with Gasteiger partial charge in [0.25, 0.3) is 5.91 Å². The number of aromatic amines is 1. The minimum absolute atomic E-state index is 0.136. The minimum Gasteiger partial charge on any atom is -0.497 e. The zero-order valence-electron chi connectivity index (χ0n) is 14.6. The third-order valence-electron chi connectivity index (χ3n) is 4.48. The van der Waals surface area contributed by atoms with Gasteiger partial charge in [0.15, 0.2) is 0 Å². The number of nitrogens with zero attached hydrogens (tertiary/aromatic N) is 3. The molecule has 0 bridgehead atoms. The van der Waals surface area contributed by atoms with Crippen LogP contribution in [-0.4, -0.2) is 39.4 Å². The largest absolute Gasteiger partial charge is 0.497 e. The molecule has 7 heteroatoms. The van der Waals surface area contributed by atoms with Crippen LogP contribution >= 0.6 is 0 Å². The molecule has 132 valence electrons. The molecule has 0 fully saturated rings. The lowest BCUT2D eigenvalue weighted by Crippen LogP contribution is -2.26. The molecular weight excluding hydrogens is 330 g/mol. The van der Waals surface area contributed by atoms with Gasteiger partial charge in [0.2, 0.25) is 0 Å². The van der Waals surface area contributed by atoms with E-state index >= 15 is 0 Å². The molecule has 3 heterocycles. The molecule has 0 atom stereocenters. The first-order valence-electron chi connectivity index (χ1n) is 8.40. The number of aromatic nitrogens is 4. The van der Waals surface area contributed by atoms with Crippen LogP contribution in [0.25, 0.3) is 16.4 Å². The molecule has 0 aliphatic heterocycles. The minimum atomic E-state index is -0.136. The van der Waals surface area contributed by atoms with Crippen molar-refractivity contribution in [2.45, 2.75) is 13.3 Å². The topological polar surface area (TPSA) is 84.3 Å². The second-order valence-corrected chi connectivity index (χ2v) is 6.09. The van der Waals surface area contributed by atoms with Crippen LogP contribution in [0, 0.1) is 6.92 Å². The Morgan fingerprint density at radius 2 is 2.23 bits per heavy atom. The normalized spacial score (nSPS) is 11.2. The molecule has 7 nitrogen and oxygen atoms in total. The average molecular weight is 349 g/mol. The van der Waals surface area contributed by atoms with Gasteiger partial charge in [-0.05, 0) is 49.2 Å². The summed E-state index contributed by atoms with van der Waals surface area (Å²) >= 11 is 0. The van der Waals surface area contributed by atoms with Crippen LogP contribution < -0.4 is 10.1 Å². The number of fused-ring (bicyclic) bond motifs is 2. The fourth-order valence-electron chi connectivity index (χ4n) is 3.18. The molecule has 1 amide bonds. The number of hydrogen-bond acceptors (Lipinski definition) is 4. The number of benzene rings is 1. The third kappa shape index (κ3) is 2.77. The van der Waals surface area contributed by atoms with E-state index in [4.69, 9.17) is 4.74 Å². The van der Waals surface area contributed by atoms with E-state index in [-0.39, 0.29) is 5.91 Å². The summed E-state index contributed by atoms with van der Waals surface area (Å²) in [6, 6.07) is 9.56. The molecule has 0 aliphatic rings. The summed E-state index contributed by atoms with van der Waals surface area (Å²) in [5.41, 5.74) is 4.13. The number of rotatable bonds is 5. The highest BCUT2D eigenvalue weighted by atomic mass is 16.5. The average Bonchev–Trinajstić information content (AvgIpc) is 3.21. The van der Waals surface area contributed by atoms with Crippen molar-refractivity contribution < 1.29 is 9.53 Å². The first-order chi connectivity index (χ1) is 12.7. The number of carbonyl (C=O) groups is 1. The Hall–Kier alpha value is -3.35. The molecule has 0 radical (unpaired) electrons. The van der Waals surface area contributed by atoms with Crippen LogP contribution in [0.2, 0.25) is 0 Å². The van der Waals surface area contributed by atoms with Gasteiger partial charge in [-0.2, -0.15) is 14.8 Å². The third-order valence-corrected chi connectivity index (χ3v) is 4.48. The van der Waals surface area contributed by atoms with E-state index in [9.17, 15) is 4.79 Å². The monoisotopic (exact) mass is 349 g/mol. The molecule has 2 N–H and O–H groups in total. The van der Waals surface area contributed by atoms with Gasteiger partial charge in [0.05, 0.1) is 18.4 Å². The first-order valence-corrected chi connectivity index (χ1v) is 8.40. The van der Waals surface area contributed by atoms with Crippen molar-refractivity contribution in [2.24, 2.45) is 0 Å². The molecule has 3 aromatic heterocycles. The summed E-state index contributed by atoms with van der Waals surface area (Å²) in [7, 11) is 1.65. The van der Waals surface area contributed by atoms with Crippen LogP contribution in [0.3, 0.4) is 0 Å². The first kappa shape index (κ1) is 16.1. The Bertz CT molecular complexity index is 1100. The van der Waals surface area contributed by atoms with Gasteiger partial charge in [-0.1, -0.05) is 0 Å². The van der Waals surface area contributed by atoms with Crippen molar-refractivity contribution in [1.29, 1.82) is 0 Å². The summed E-state index contributed by atoms with van der Waals surface area (Å²) in [5, 5.41) is 12.5. The van der Waals surface area contributed by atoms with E-state index in [0.29, 0.717) is 23.3 Å². The number of aryl methyl sites for hydroxylation is 1. The Balaban J connectivity index is 1.49. The summed E-state index contributed by atoms with van der Waals surface area (Å²) in [5.74, 6) is 0.680. The zero-order chi connectivity index (χ0) is 18.1. The molecule has 0 saturated carbocycles. The van der Waals surface area contributed by atoms with Gasteiger partial charge in [-0.3, -0.25) is 4.79 Å². The van der Waals surface area contributed by atoms with Crippen molar-refractivity contribution in [3.63, 3.8) is 0 Å². The van der Waals surface area contributed by atoms with Crippen molar-refractivity contribution in [3.8, 4) is 5.75 Å². The van der Waals surface area contributed by atoms with Crippen LogP contribution in [0.15, 0.2) is 42.7 Å². The Morgan fingerprint density at radius 3 is 3.08 bits per heavy atom. The summed E-state index contributed by atoms with van der Waals surface area (Å²) in [6.45, 7) is 2.34. The van der Waals surface area contributed by atoms with E-state index in [2.05, 4.69) is 20.5 Å². The molecule has 0 saturated heterocycles. The lowest BCUT2D eigenvalue weighted by molar-refractivity contribution is 0.0955. The molecular formula is C19H19N5O2. The summed E-state index contributed by atoms with van der Waals surface area (Å²) < 4.78 is 6.78. The predicted octanol–water partition coefficient (Wildman–Crippen LogP) is 2.50. The van der Waals surface area contributed by atoms with Gasteiger partial charge in [0.1, 0.15) is 11.3 Å². The maximum atomic E-state index is 12.6. The van der Waals surface area contributed by atoms with E-state index < -0.39 is 0 Å². The highest BCUT2D eigenvalue weighted by Gasteiger charge is 2.17. The quantitative estimate of drug-likeness (QED) is 0.580. The van der Waals surface area contributed by atoms with Gasteiger partial charge < -0.3 is 15.0 Å². The van der Waals surface area contributed by atoms with Gasteiger partial charge >= 0.3 is 0 Å². The van der Waals surface area contributed by atoms with Crippen LogP contribution in [0.4, 0.5) is 0 Å².